The molecule has 16 heteroatoms. The first kappa shape index (κ1) is 33.5. The van der Waals surface area contributed by atoms with Crippen LogP contribution < -0.4 is 10.1 Å². The summed E-state index contributed by atoms with van der Waals surface area (Å²) < 4.78 is 78.0. The monoisotopic (exact) mass is 652 g/mol. The van der Waals surface area contributed by atoms with E-state index in [4.69, 9.17) is 4.74 Å². The van der Waals surface area contributed by atoms with Gasteiger partial charge in [0.25, 0.3) is 16.0 Å². The van der Waals surface area contributed by atoms with E-state index < -0.39 is 63.6 Å². The normalized spacial score (nSPS) is 17.6. The highest BCUT2D eigenvalue weighted by Gasteiger charge is 2.43. The number of unbranched alkanes of at least 4 members (excludes halogenated alkanes) is 2. The average Bonchev–Trinajstić information content (AvgIpc) is 3.61. The van der Waals surface area contributed by atoms with Gasteiger partial charge in [-0.2, -0.15) is 21.6 Å². The number of carboxylic acid groups (broad SMARTS) is 1. The van der Waals surface area contributed by atoms with E-state index in [0.717, 1.165) is 11.0 Å². The summed E-state index contributed by atoms with van der Waals surface area (Å²) >= 11 is 0. The van der Waals surface area contributed by atoms with Crippen LogP contribution in [0.2, 0.25) is 0 Å². The number of nitrogens with zero attached hydrogens (tertiary/aromatic N) is 3. The van der Waals surface area contributed by atoms with Crippen molar-refractivity contribution in [3.63, 3.8) is 0 Å². The lowest BCUT2D eigenvalue weighted by molar-refractivity contribution is -0.149. The number of amides is 2. The Morgan fingerprint density at radius 2 is 1.73 bits per heavy atom. The van der Waals surface area contributed by atoms with Crippen LogP contribution in [0.5, 0.6) is 5.75 Å². The first-order chi connectivity index (χ1) is 21.2. The van der Waals surface area contributed by atoms with E-state index in [1.54, 1.807) is 30.3 Å². The molecule has 3 N–H and O–H groups in total. The number of benzene rings is 2. The number of carbonyl (C=O) groups is 3. The maximum Gasteiger partial charge on any atom is 0.389 e. The lowest BCUT2D eigenvalue weighted by Gasteiger charge is -2.27. The minimum absolute atomic E-state index is 0.00663. The lowest BCUT2D eigenvalue weighted by atomic mass is 10.0. The van der Waals surface area contributed by atoms with Crippen LogP contribution in [0, 0.1) is 0 Å². The number of carboxylic acids is 1. The number of rotatable bonds is 13. The van der Waals surface area contributed by atoms with Gasteiger partial charge in [-0.05, 0) is 37.1 Å². The second-order valence-corrected chi connectivity index (χ2v) is 11.9. The number of anilines is 1. The number of halogens is 3. The third kappa shape index (κ3) is 9.04. The molecule has 4 rings (SSSR count). The number of para-hydroxylation sites is 1. The van der Waals surface area contributed by atoms with Crippen LogP contribution in [0.3, 0.4) is 0 Å². The molecule has 0 radical (unpaired) electrons. The number of hydrogen-bond donors (Lipinski definition) is 3. The summed E-state index contributed by atoms with van der Waals surface area (Å²) in [6, 6.07) is 11.3. The van der Waals surface area contributed by atoms with Crippen LogP contribution in [0.1, 0.15) is 54.9 Å². The van der Waals surface area contributed by atoms with Crippen molar-refractivity contribution in [1.82, 2.24) is 14.5 Å². The van der Waals surface area contributed by atoms with E-state index in [0.29, 0.717) is 5.75 Å². The van der Waals surface area contributed by atoms with Crippen molar-refractivity contribution in [2.75, 3.05) is 11.9 Å². The van der Waals surface area contributed by atoms with E-state index in [1.165, 1.54) is 35.3 Å². The molecule has 1 unspecified atom stereocenters. The number of aromatic nitrogens is 2. The summed E-state index contributed by atoms with van der Waals surface area (Å²) in [6.45, 7) is -0.0556. The van der Waals surface area contributed by atoms with Gasteiger partial charge in [-0.15, -0.1) is 0 Å². The third-order valence-corrected chi connectivity index (χ3v) is 8.12. The second-order valence-electron chi connectivity index (χ2n) is 10.5. The second kappa shape index (κ2) is 14.1. The van der Waals surface area contributed by atoms with Crippen LogP contribution in [0.15, 0.2) is 72.0 Å². The quantitative estimate of drug-likeness (QED) is 0.177. The predicted octanol–water partition coefficient (Wildman–Crippen LogP) is 4.57. The van der Waals surface area contributed by atoms with E-state index >= 15 is 0 Å². The van der Waals surface area contributed by atoms with E-state index in [-0.39, 0.29) is 50.0 Å². The average molecular weight is 653 g/mol. The molecule has 3 aromatic rings. The molecular formula is C29H31F3N4O8S. The van der Waals surface area contributed by atoms with Crippen molar-refractivity contribution in [2.24, 2.45) is 0 Å². The Hall–Kier alpha value is -4.44. The van der Waals surface area contributed by atoms with Gasteiger partial charge in [0.05, 0.1) is 18.4 Å². The van der Waals surface area contributed by atoms with Gasteiger partial charge < -0.3 is 24.6 Å². The summed E-state index contributed by atoms with van der Waals surface area (Å²) in [6.07, 6.45) is -3.22. The topological polar surface area (TPSA) is 168 Å². The van der Waals surface area contributed by atoms with Gasteiger partial charge in [0.1, 0.15) is 28.8 Å². The molecule has 1 fully saturated rings. The van der Waals surface area contributed by atoms with Crippen molar-refractivity contribution < 1.29 is 50.4 Å². The van der Waals surface area contributed by atoms with Gasteiger partial charge in [-0.3, -0.25) is 14.1 Å². The Morgan fingerprint density at radius 1 is 1.04 bits per heavy atom. The summed E-state index contributed by atoms with van der Waals surface area (Å²) in [4.78, 5) is 43.5. The number of ether oxygens (including phenoxy) is 1. The van der Waals surface area contributed by atoms with E-state index in [9.17, 15) is 45.6 Å². The lowest BCUT2D eigenvalue weighted by Crippen LogP contribution is -2.44. The molecule has 2 aromatic carbocycles. The van der Waals surface area contributed by atoms with E-state index in [1.807, 2.05) is 0 Å². The Labute approximate surface area is 256 Å². The Kier molecular flexibility index (Phi) is 10.5. The fourth-order valence-corrected chi connectivity index (χ4v) is 5.81. The standard InChI is InChI=1S/C29H31F3N4O8S/c30-29(31,32)14-8-2-5-12-22(27(38)36-16-20(15-23(36)28(39)40)44-19-9-3-1-4-10-19)35-17-25(33-18-35)34-26(37)21-11-6-7-13-24(21)45(41,42)43/h1,3-4,6-7,9-11,13,17-18,20,22-23H,2,5,8,12,14-16H2,(H,34,37)(H,39,40)(H,41,42,43)/t20-,22?,23-/m0/s1. The molecule has 1 aliphatic rings. The van der Waals surface area contributed by atoms with Crippen molar-refractivity contribution in [3.8, 4) is 5.75 Å². The fraction of sp³-hybridized carbons (Fsp3) is 0.379. The molecule has 0 aliphatic carbocycles. The molecule has 1 aliphatic heterocycles. The smallest absolute Gasteiger partial charge is 0.389 e. The highest BCUT2D eigenvalue weighted by Crippen LogP contribution is 2.30. The van der Waals surface area contributed by atoms with Gasteiger partial charge in [0.2, 0.25) is 5.91 Å². The molecule has 0 saturated carbocycles. The molecule has 12 nitrogen and oxygen atoms in total. The minimum Gasteiger partial charge on any atom is -0.488 e. The predicted molar refractivity (Wildman–Crippen MR) is 153 cm³/mol. The highest BCUT2D eigenvalue weighted by atomic mass is 32.2. The summed E-state index contributed by atoms with van der Waals surface area (Å²) in [5.41, 5.74) is -0.363. The third-order valence-electron chi connectivity index (χ3n) is 7.21. The number of hydrogen-bond acceptors (Lipinski definition) is 7. The van der Waals surface area contributed by atoms with Gasteiger partial charge in [0.15, 0.2) is 5.82 Å². The van der Waals surface area contributed by atoms with E-state index in [2.05, 4.69) is 10.3 Å². The first-order valence-electron chi connectivity index (χ1n) is 14.0. The van der Waals surface area contributed by atoms with Crippen LogP contribution in [0.4, 0.5) is 19.0 Å². The van der Waals surface area contributed by atoms with Gasteiger partial charge in [-0.1, -0.05) is 43.2 Å². The van der Waals surface area contributed by atoms with Crippen molar-refractivity contribution in [1.29, 1.82) is 0 Å². The Morgan fingerprint density at radius 3 is 2.40 bits per heavy atom. The summed E-state index contributed by atoms with van der Waals surface area (Å²) in [5, 5.41) is 12.3. The largest absolute Gasteiger partial charge is 0.488 e. The maximum absolute atomic E-state index is 13.9. The van der Waals surface area contributed by atoms with Gasteiger partial charge in [-0.25, -0.2) is 9.78 Å². The maximum atomic E-state index is 13.9. The van der Waals surface area contributed by atoms with Crippen LogP contribution in [-0.2, 0) is 19.7 Å². The molecule has 45 heavy (non-hydrogen) atoms. The molecule has 0 spiro atoms. The Bertz CT molecular complexity index is 1610. The molecule has 0 bridgehead atoms. The minimum atomic E-state index is -4.73. The zero-order chi connectivity index (χ0) is 32.8. The molecule has 242 valence electrons. The van der Waals surface area contributed by atoms with Crippen LogP contribution >= 0.6 is 0 Å². The number of aliphatic carboxylic acids is 1. The zero-order valence-electron chi connectivity index (χ0n) is 23.8. The highest BCUT2D eigenvalue weighted by molar-refractivity contribution is 7.86. The SMILES string of the molecule is O=C(Nc1cn(C(CCCCCC(F)(F)F)C(=O)N2C[C@@H](Oc3ccccc3)C[C@H]2C(=O)O)cn1)c1ccccc1S(=O)(=O)O. The van der Waals surface area contributed by atoms with Gasteiger partial charge in [0, 0.05) is 19.0 Å². The summed E-state index contributed by atoms with van der Waals surface area (Å²) in [5.74, 6) is -2.39. The molecule has 1 saturated heterocycles. The number of nitrogens with one attached hydrogen (secondary N) is 1. The Balaban J connectivity index is 1.54. The molecular weight excluding hydrogens is 621 g/mol. The molecule has 2 amide bonds. The van der Waals surface area contributed by atoms with Crippen molar-refractivity contribution in [3.05, 3.63) is 72.7 Å². The molecule has 3 atom stereocenters. The number of carbonyl (C=O) groups excluding carboxylic acids is 2. The summed E-state index contributed by atoms with van der Waals surface area (Å²) in [7, 11) is -4.73. The van der Waals surface area contributed by atoms with Crippen molar-refractivity contribution >= 4 is 33.7 Å². The number of likely N-dealkylation sites (tertiary alicyclic amines) is 1. The molecule has 1 aromatic heterocycles. The van der Waals surface area contributed by atoms with Crippen LogP contribution in [-0.4, -0.2) is 75.2 Å². The zero-order valence-corrected chi connectivity index (χ0v) is 24.6. The first-order valence-corrected chi connectivity index (χ1v) is 15.4. The van der Waals surface area contributed by atoms with Gasteiger partial charge >= 0.3 is 12.1 Å². The number of imidazole rings is 1. The number of alkyl halides is 3. The fourth-order valence-electron chi connectivity index (χ4n) is 5.12. The molecule has 2 heterocycles. The van der Waals surface area contributed by atoms with Crippen molar-refractivity contribution in [2.45, 2.75) is 67.8 Å². The van der Waals surface area contributed by atoms with Crippen LogP contribution in [0.25, 0.3) is 0 Å².